The first-order chi connectivity index (χ1) is 43.4. The average molecular weight is 1300 g/mol. The Labute approximate surface area is 536 Å². The fourth-order valence-electron chi connectivity index (χ4n) is 9.92. The van der Waals surface area contributed by atoms with Gasteiger partial charge in [0.25, 0.3) is 0 Å². The highest BCUT2D eigenvalue weighted by Gasteiger charge is 2.42. The topological polar surface area (TPSA) is 534 Å². The molecule has 0 unspecified atom stereocenters. The molecular formula is C60H101N15O17. The summed E-state index contributed by atoms with van der Waals surface area (Å²) in [5.41, 5.74) is 22.9. The van der Waals surface area contributed by atoms with Crippen LogP contribution in [-0.2, 0) is 64.0 Å². The van der Waals surface area contributed by atoms with E-state index in [2.05, 4.69) is 52.8 Å². The van der Waals surface area contributed by atoms with Crippen molar-refractivity contribution in [2.45, 2.75) is 218 Å². The van der Waals surface area contributed by atoms with Crippen LogP contribution in [-0.4, -0.2) is 212 Å². The molecule has 0 aromatic heterocycles. The van der Waals surface area contributed by atoms with Crippen molar-refractivity contribution in [1.29, 1.82) is 0 Å². The first-order valence-electron chi connectivity index (χ1n) is 31.4. The molecule has 16 atom stereocenters. The summed E-state index contributed by atoms with van der Waals surface area (Å²) in [7, 11) is 0. The van der Waals surface area contributed by atoms with Gasteiger partial charge in [-0.3, -0.25) is 57.7 Å². The molecule has 0 aliphatic carbocycles. The van der Waals surface area contributed by atoms with E-state index in [-0.39, 0.29) is 77.0 Å². The number of likely N-dealkylation sites (tertiary alicyclic amines) is 1. The zero-order chi connectivity index (χ0) is 69.5. The first-order valence-corrected chi connectivity index (χ1v) is 31.4. The number of amides is 10. The second-order valence-corrected chi connectivity index (χ2v) is 23.5. The normalized spacial score (nSPS) is 17.8. The minimum atomic E-state index is -1.84. The van der Waals surface area contributed by atoms with Gasteiger partial charge in [-0.15, -0.1) is 0 Å². The molecule has 1 aliphatic rings. The number of benzene rings is 1. The molecule has 22 N–H and O–H groups in total. The maximum Gasteiger partial charge on any atom is 0.326 e. The van der Waals surface area contributed by atoms with Crippen molar-refractivity contribution in [2.24, 2.45) is 45.7 Å². The molecule has 2 rings (SSSR count). The van der Waals surface area contributed by atoms with E-state index >= 15 is 0 Å². The highest BCUT2D eigenvalue weighted by Crippen LogP contribution is 2.21. The average Bonchev–Trinajstić information content (AvgIpc) is 2.45. The monoisotopic (exact) mass is 1300 g/mol. The van der Waals surface area contributed by atoms with Crippen molar-refractivity contribution in [1.82, 2.24) is 52.8 Å². The van der Waals surface area contributed by atoms with E-state index in [0.717, 1.165) is 11.8 Å². The van der Waals surface area contributed by atoms with Crippen molar-refractivity contribution in [3.8, 4) is 0 Å². The quantitative estimate of drug-likeness (QED) is 0.0168. The zero-order valence-corrected chi connectivity index (χ0v) is 54.0. The molecular weight excluding hydrogens is 1200 g/mol. The predicted molar refractivity (Wildman–Crippen MR) is 336 cm³/mol. The molecule has 1 fully saturated rings. The second-order valence-electron chi connectivity index (χ2n) is 23.5. The van der Waals surface area contributed by atoms with Gasteiger partial charge in [-0.1, -0.05) is 91.1 Å². The van der Waals surface area contributed by atoms with Gasteiger partial charge in [0, 0.05) is 25.9 Å². The highest BCUT2D eigenvalue weighted by atomic mass is 16.4. The molecule has 1 aliphatic heterocycles. The van der Waals surface area contributed by atoms with Crippen LogP contribution in [0.2, 0.25) is 0 Å². The summed E-state index contributed by atoms with van der Waals surface area (Å²) in [5, 5.41) is 73.7. The summed E-state index contributed by atoms with van der Waals surface area (Å²) in [4.78, 5) is 169. The number of carboxylic acids is 2. The maximum absolute atomic E-state index is 14.5. The number of nitrogens with zero attached hydrogens (tertiary/aromatic N) is 2. The molecule has 1 saturated heterocycles. The Hall–Kier alpha value is -8.07. The molecule has 1 aromatic rings. The minimum absolute atomic E-state index is 0.0199. The van der Waals surface area contributed by atoms with Crippen LogP contribution in [0.3, 0.4) is 0 Å². The predicted octanol–water partition coefficient (Wildman–Crippen LogP) is -4.07. The Bertz CT molecular complexity index is 2650. The lowest BCUT2D eigenvalue weighted by atomic mass is 9.94. The number of aliphatic carboxylic acids is 2. The van der Waals surface area contributed by atoms with Crippen LogP contribution in [0.15, 0.2) is 35.3 Å². The van der Waals surface area contributed by atoms with Crippen molar-refractivity contribution >= 4 is 77.0 Å². The number of hydrogen-bond donors (Lipinski definition) is 18. The van der Waals surface area contributed by atoms with Gasteiger partial charge in [-0.25, -0.2) is 4.79 Å². The highest BCUT2D eigenvalue weighted by molar-refractivity contribution is 5.99. The van der Waals surface area contributed by atoms with E-state index in [4.69, 9.17) is 22.9 Å². The van der Waals surface area contributed by atoms with Crippen LogP contribution in [0, 0.1) is 17.8 Å². The van der Waals surface area contributed by atoms with Gasteiger partial charge >= 0.3 is 11.9 Å². The van der Waals surface area contributed by atoms with Crippen molar-refractivity contribution in [2.75, 3.05) is 26.2 Å². The molecule has 0 saturated carbocycles. The second kappa shape index (κ2) is 40.7. The third-order valence-electron chi connectivity index (χ3n) is 16.2. The number of nitrogens with one attached hydrogen (secondary N) is 9. The molecule has 32 nitrogen and oxygen atoms in total. The fraction of sp³-hybridized carbons (Fsp3) is 0.683. The molecule has 0 bridgehead atoms. The van der Waals surface area contributed by atoms with Gasteiger partial charge < -0.3 is 101 Å². The third-order valence-corrected chi connectivity index (χ3v) is 16.2. The number of aliphatic hydroxyl groups is 3. The number of unbranched alkanes of at least 4 members (excludes halogenated alkanes) is 1. The lowest BCUT2D eigenvalue weighted by Gasteiger charge is -2.31. The molecule has 32 heteroatoms. The van der Waals surface area contributed by atoms with E-state index in [1.807, 2.05) is 0 Å². The number of hydrogen-bond acceptors (Lipinski definition) is 18. The molecule has 10 amide bonds. The number of aliphatic hydroxyl groups excluding tert-OH is 3. The van der Waals surface area contributed by atoms with Crippen LogP contribution < -0.4 is 70.8 Å². The van der Waals surface area contributed by atoms with Crippen LogP contribution in [0.4, 0.5) is 0 Å². The third kappa shape index (κ3) is 26.3. The summed E-state index contributed by atoms with van der Waals surface area (Å²) >= 11 is 0. The number of nitrogens with two attached hydrogens (primary N) is 4. The van der Waals surface area contributed by atoms with Gasteiger partial charge in [-0.05, 0) is 95.1 Å². The van der Waals surface area contributed by atoms with Crippen molar-refractivity contribution in [3.05, 3.63) is 35.9 Å². The van der Waals surface area contributed by atoms with Gasteiger partial charge in [0.15, 0.2) is 5.96 Å². The Morgan fingerprint density at radius 1 is 0.565 bits per heavy atom. The van der Waals surface area contributed by atoms with E-state index in [0.29, 0.717) is 24.8 Å². The molecule has 1 heterocycles. The van der Waals surface area contributed by atoms with Crippen LogP contribution in [0.5, 0.6) is 0 Å². The minimum Gasteiger partial charge on any atom is -0.481 e. The number of carbonyl (C=O) groups excluding carboxylic acids is 10. The SMILES string of the molecule is CC[C@H](C)[C@H](NC(=O)[C@@H](NC(=O)[C@H](Cc1ccccc1)NC(=O)[C@@H](NC(=O)[C@@H](NC(=O)[C@H](CCCCN)NC(=O)[C@H](CCC(=O)O)NC(=O)[C@@H](NC(=O)[C@@H]1CCCN1C(=O)[C@H](CCCN=C(N)N)NC(=O)[C@@H](N)CO)[C@@H](C)O)[C@@H](C)O)[C@@H](C)CC)[C@@H](C)CC)C(=O)O. The summed E-state index contributed by atoms with van der Waals surface area (Å²) < 4.78 is 0. The molecule has 0 spiro atoms. The van der Waals surface area contributed by atoms with E-state index in [1.165, 1.54) is 6.92 Å². The first kappa shape index (κ1) is 80.0. The van der Waals surface area contributed by atoms with E-state index in [1.54, 1.807) is 71.9 Å². The molecule has 518 valence electrons. The van der Waals surface area contributed by atoms with Gasteiger partial charge in [0.1, 0.15) is 66.5 Å². The number of rotatable bonds is 42. The lowest BCUT2D eigenvalue weighted by molar-refractivity contribution is -0.144. The Kier molecular flexibility index (Phi) is 35.4. The number of carboxylic acid groups (broad SMARTS) is 2. The smallest absolute Gasteiger partial charge is 0.326 e. The number of carbonyl (C=O) groups is 12. The zero-order valence-electron chi connectivity index (χ0n) is 54.0. The van der Waals surface area contributed by atoms with Crippen molar-refractivity contribution < 1.29 is 83.1 Å². The standard InChI is InChI=1S/C60H101N15O17/c1-9-31(4)44(54(86)69-41(29-36-19-13-12-14-20-36)52(84)70-45(32(5)10-2)55(87)72-46(59(91)92)33(6)11-3)71-57(89)48(35(8)78)73-51(83)38(21-15-16-26-61)66-50(82)39(24-25-43(79)80)67-56(88)47(34(7)77)74-53(85)42-23-18-28-75(42)58(90)40(22-17-27-65-60(63)64)68-49(81)37(62)30-76/h12-14,19-20,31-35,37-42,44-48,76-78H,9-11,15-18,21-30,61-62H2,1-8H3,(H,66,82)(H,67,88)(H,68,81)(H,69,86)(H,70,84)(H,71,89)(H,72,87)(H,73,83)(H,74,85)(H,79,80)(H,91,92)(H4,63,64,65)/t31-,32-,33-,34+,35+,37-,38-,39-,40-,41-,42-,44-,45-,46-,47-,48-/m0/s1. The summed E-state index contributed by atoms with van der Waals surface area (Å²) in [6.45, 7) is 12.0. The largest absolute Gasteiger partial charge is 0.481 e. The van der Waals surface area contributed by atoms with Crippen LogP contribution in [0.25, 0.3) is 0 Å². The fourth-order valence-corrected chi connectivity index (χ4v) is 9.92. The molecule has 0 radical (unpaired) electrons. The number of aliphatic imine (C=N–C) groups is 1. The Morgan fingerprint density at radius 2 is 1.01 bits per heavy atom. The van der Waals surface area contributed by atoms with Crippen LogP contribution >= 0.6 is 0 Å². The Balaban J connectivity index is 2.47. The summed E-state index contributed by atoms with van der Waals surface area (Å²) in [6.07, 6.45) is -2.86. The molecule has 92 heavy (non-hydrogen) atoms. The Morgan fingerprint density at radius 3 is 1.54 bits per heavy atom. The van der Waals surface area contributed by atoms with Crippen molar-refractivity contribution in [3.63, 3.8) is 0 Å². The van der Waals surface area contributed by atoms with E-state index in [9.17, 15) is 83.1 Å². The van der Waals surface area contributed by atoms with E-state index < -0.39 is 187 Å². The van der Waals surface area contributed by atoms with Gasteiger partial charge in [0.2, 0.25) is 59.1 Å². The maximum atomic E-state index is 14.5. The number of guanidine groups is 1. The summed E-state index contributed by atoms with van der Waals surface area (Å²) in [6, 6.07) is -7.68. The summed E-state index contributed by atoms with van der Waals surface area (Å²) in [5.74, 6) is -13.9. The molecule has 1 aromatic carbocycles. The van der Waals surface area contributed by atoms with Gasteiger partial charge in [0.05, 0.1) is 18.8 Å². The lowest BCUT2D eigenvalue weighted by Crippen LogP contribution is -2.63. The van der Waals surface area contributed by atoms with Gasteiger partial charge in [-0.2, -0.15) is 0 Å². The van der Waals surface area contributed by atoms with Crippen LogP contribution in [0.1, 0.15) is 138 Å².